The largest absolute Gasteiger partial charge is 0.462 e. The van der Waals surface area contributed by atoms with Gasteiger partial charge >= 0.3 is 17.9 Å². The molecule has 0 rings (SSSR count). The number of hydrogen-bond donors (Lipinski definition) is 0. The molecule has 0 N–H and O–H groups in total. The summed E-state index contributed by atoms with van der Waals surface area (Å²) in [5.41, 5.74) is 0. The first-order valence-corrected chi connectivity index (χ1v) is 36.8. The van der Waals surface area contributed by atoms with Crippen molar-refractivity contribution in [3.8, 4) is 0 Å². The van der Waals surface area contributed by atoms with E-state index in [0.29, 0.717) is 19.3 Å². The zero-order valence-corrected chi connectivity index (χ0v) is 55.7. The van der Waals surface area contributed by atoms with Gasteiger partial charge in [-0.3, -0.25) is 14.4 Å². The monoisotopic (exact) mass is 1160 g/mol. The maximum absolute atomic E-state index is 12.9. The summed E-state index contributed by atoms with van der Waals surface area (Å²) in [5, 5.41) is 0. The topological polar surface area (TPSA) is 78.9 Å². The number of rotatable bonds is 68. The highest BCUT2D eigenvalue weighted by Crippen LogP contribution is 2.19. The van der Waals surface area contributed by atoms with Gasteiger partial charge in [-0.1, -0.05) is 351 Å². The molecule has 0 aromatic rings. The molecule has 6 nitrogen and oxygen atoms in total. The number of carbonyl (C=O) groups is 3. The lowest BCUT2D eigenvalue weighted by atomic mass is 10.0. The molecule has 0 saturated carbocycles. The molecule has 484 valence electrons. The first-order chi connectivity index (χ1) is 41.0. The third kappa shape index (κ3) is 69.8. The maximum Gasteiger partial charge on any atom is 0.306 e. The Labute approximate surface area is 517 Å². The Balaban J connectivity index is 4.09. The molecule has 0 bridgehead atoms. The molecule has 0 spiro atoms. The van der Waals surface area contributed by atoms with Crippen molar-refractivity contribution in [1.29, 1.82) is 0 Å². The fraction of sp³-hybridized carbons (Fsp3) is 0.831. The van der Waals surface area contributed by atoms with E-state index in [4.69, 9.17) is 14.2 Å². The molecular weight excluding hydrogens is 1020 g/mol. The van der Waals surface area contributed by atoms with Crippen LogP contribution in [0, 0.1) is 0 Å². The molecule has 0 amide bonds. The van der Waals surface area contributed by atoms with Crippen LogP contribution in [0.2, 0.25) is 0 Å². The van der Waals surface area contributed by atoms with Gasteiger partial charge in [0.1, 0.15) is 13.2 Å². The smallest absolute Gasteiger partial charge is 0.306 e. The molecule has 0 aromatic carbocycles. The fourth-order valence-electron chi connectivity index (χ4n) is 11.0. The van der Waals surface area contributed by atoms with Crippen LogP contribution in [0.4, 0.5) is 0 Å². The second-order valence-electron chi connectivity index (χ2n) is 24.8. The van der Waals surface area contributed by atoms with E-state index >= 15 is 0 Å². The van der Waals surface area contributed by atoms with Gasteiger partial charge in [-0.05, 0) is 83.5 Å². The maximum atomic E-state index is 12.9. The Hall–Kier alpha value is -2.89. The number of ether oxygens (including phenoxy) is 3. The lowest BCUT2D eigenvalue weighted by molar-refractivity contribution is -0.167. The SMILES string of the molecule is CC/C=C\C/C=C\C/C=C\CCCCCCCCCC(=O)OC(COC(=O)CCCCCCCCCCCCCCC)COC(=O)CCCCCCCCCCCCCCCCCCCCCCCCC/C=C\C/C=C\CCCCCCC. The molecule has 1 unspecified atom stereocenters. The van der Waals surface area contributed by atoms with Crippen molar-refractivity contribution in [1.82, 2.24) is 0 Å². The Morgan fingerprint density at radius 2 is 0.470 bits per heavy atom. The van der Waals surface area contributed by atoms with E-state index in [1.54, 1.807) is 0 Å². The van der Waals surface area contributed by atoms with Gasteiger partial charge in [0.2, 0.25) is 0 Å². The van der Waals surface area contributed by atoms with Gasteiger partial charge < -0.3 is 14.2 Å². The summed E-state index contributed by atoms with van der Waals surface area (Å²) >= 11 is 0. The number of carbonyl (C=O) groups excluding carboxylic acids is 3. The summed E-state index contributed by atoms with van der Waals surface area (Å²) in [6.07, 6.45) is 92.8. The van der Waals surface area contributed by atoms with Gasteiger partial charge in [-0.15, -0.1) is 0 Å². The van der Waals surface area contributed by atoms with Crippen LogP contribution in [-0.2, 0) is 28.6 Å². The van der Waals surface area contributed by atoms with Crippen LogP contribution in [0.3, 0.4) is 0 Å². The van der Waals surface area contributed by atoms with Gasteiger partial charge in [0.15, 0.2) is 6.10 Å². The molecule has 0 saturated heterocycles. The second-order valence-corrected chi connectivity index (χ2v) is 24.8. The molecule has 6 heteroatoms. The average molecular weight is 1160 g/mol. The zero-order chi connectivity index (χ0) is 59.9. The molecular formula is C77H140O6. The Bertz CT molecular complexity index is 1470. The fourth-order valence-corrected chi connectivity index (χ4v) is 11.0. The van der Waals surface area contributed by atoms with Gasteiger partial charge in [-0.2, -0.15) is 0 Å². The van der Waals surface area contributed by atoms with E-state index in [-0.39, 0.29) is 31.1 Å². The molecule has 0 aliphatic rings. The van der Waals surface area contributed by atoms with Gasteiger partial charge in [0, 0.05) is 19.3 Å². The molecule has 83 heavy (non-hydrogen) atoms. The van der Waals surface area contributed by atoms with Crippen LogP contribution in [0.15, 0.2) is 60.8 Å². The van der Waals surface area contributed by atoms with Crippen molar-refractivity contribution in [3.05, 3.63) is 60.8 Å². The number of unbranched alkanes of at least 4 members (excludes halogenated alkanes) is 47. The van der Waals surface area contributed by atoms with Gasteiger partial charge in [0.25, 0.3) is 0 Å². The molecule has 0 aliphatic carbocycles. The van der Waals surface area contributed by atoms with Gasteiger partial charge in [0.05, 0.1) is 0 Å². The molecule has 0 radical (unpaired) electrons. The van der Waals surface area contributed by atoms with E-state index in [1.807, 2.05) is 0 Å². The predicted molar refractivity (Wildman–Crippen MR) is 362 cm³/mol. The highest BCUT2D eigenvalue weighted by atomic mass is 16.6. The summed E-state index contributed by atoms with van der Waals surface area (Å²) in [6, 6.07) is 0. The van der Waals surface area contributed by atoms with Crippen molar-refractivity contribution < 1.29 is 28.6 Å². The van der Waals surface area contributed by atoms with Crippen molar-refractivity contribution in [2.75, 3.05) is 13.2 Å². The third-order valence-electron chi connectivity index (χ3n) is 16.5. The van der Waals surface area contributed by atoms with E-state index in [0.717, 1.165) is 89.9 Å². The van der Waals surface area contributed by atoms with Crippen molar-refractivity contribution >= 4 is 17.9 Å². The summed E-state index contributed by atoms with van der Waals surface area (Å²) < 4.78 is 17.0. The van der Waals surface area contributed by atoms with Crippen molar-refractivity contribution in [3.63, 3.8) is 0 Å². The Kier molecular flexibility index (Phi) is 69.1. The molecule has 0 aliphatic heterocycles. The van der Waals surface area contributed by atoms with Crippen LogP contribution >= 0.6 is 0 Å². The Morgan fingerprint density at radius 1 is 0.253 bits per heavy atom. The van der Waals surface area contributed by atoms with Crippen LogP contribution in [0.5, 0.6) is 0 Å². The molecule has 1 atom stereocenters. The molecule has 0 aromatic heterocycles. The highest BCUT2D eigenvalue weighted by Gasteiger charge is 2.19. The zero-order valence-electron chi connectivity index (χ0n) is 55.7. The summed E-state index contributed by atoms with van der Waals surface area (Å²) in [5.74, 6) is -0.857. The normalized spacial score (nSPS) is 12.4. The van der Waals surface area contributed by atoms with E-state index in [9.17, 15) is 14.4 Å². The van der Waals surface area contributed by atoms with Crippen molar-refractivity contribution in [2.45, 2.75) is 399 Å². The summed E-state index contributed by atoms with van der Waals surface area (Å²) in [4.78, 5) is 38.4. The van der Waals surface area contributed by atoms with E-state index in [1.165, 1.54) is 263 Å². The third-order valence-corrected chi connectivity index (χ3v) is 16.5. The van der Waals surface area contributed by atoms with E-state index in [2.05, 4.69) is 81.5 Å². The number of hydrogen-bond acceptors (Lipinski definition) is 6. The second kappa shape index (κ2) is 71.6. The highest BCUT2D eigenvalue weighted by molar-refractivity contribution is 5.71. The van der Waals surface area contributed by atoms with Crippen LogP contribution < -0.4 is 0 Å². The summed E-state index contributed by atoms with van der Waals surface area (Å²) in [7, 11) is 0. The number of allylic oxidation sites excluding steroid dienone is 10. The minimum absolute atomic E-state index is 0.0727. The molecule has 0 fully saturated rings. The quantitative estimate of drug-likeness (QED) is 0.0261. The minimum atomic E-state index is -0.777. The predicted octanol–water partition coefficient (Wildman–Crippen LogP) is 25.5. The van der Waals surface area contributed by atoms with Crippen LogP contribution in [0.1, 0.15) is 393 Å². The van der Waals surface area contributed by atoms with Gasteiger partial charge in [-0.25, -0.2) is 0 Å². The standard InChI is InChI=1S/C77H140O6/c1-4-7-10-13-16-19-22-25-27-29-30-31-32-33-34-35-36-37-38-39-40-41-42-43-44-45-46-48-49-52-55-58-61-64-67-70-76(79)82-73-74(72-81-75(78)69-66-63-60-57-54-51-24-21-18-15-12-9-6-3)83-77(80)71-68-65-62-59-56-53-50-47-28-26-23-20-17-14-11-8-5-2/h8,11,17,20,22,25-26,28-30,74H,4-7,9-10,12-16,18-19,21,23-24,27,31-73H2,1-3H3/b11-8-,20-17-,25-22-,28-26-,30-29-. The van der Waals surface area contributed by atoms with Crippen LogP contribution in [0.25, 0.3) is 0 Å². The first kappa shape index (κ1) is 80.1. The average Bonchev–Trinajstić information content (AvgIpc) is 3.49. The van der Waals surface area contributed by atoms with Crippen molar-refractivity contribution in [2.24, 2.45) is 0 Å². The Morgan fingerprint density at radius 3 is 0.735 bits per heavy atom. The van der Waals surface area contributed by atoms with E-state index < -0.39 is 6.10 Å². The lowest BCUT2D eigenvalue weighted by Gasteiger charge is -2.18. The first-order valence-electron chi connectivity index (χ1n) is 36.8. The number of esters is 3. The lowest BCUT2D eigenvalue weighted by Crippen LogP contribution is -2.30. The summed E-state index contributed by atoms with van der Waals surface area (Å²) in [6.45, 7) is 6.57. The minimum Gasteiger partial charge on any atom is -0.462 e. The molecule has 0 heterocycles. The van der Waals surface area contributed by atoms with Crippen LogP contribution in [-0.4, -0.2) is 37.2 Å².